The lowest BCUT2D eigenvalue weighted by atomic mass is 9.71. The highest BCUT2D eigenvalue weighted by Gasteiger charge is 2.46. The van der Waals surface area contributed by atoms with Gasteiger partial charge in [0.15, 0.2) is 0 Å². The van der Waals surface area contributed by atoms with E-state index >= 15 is 0 Å². The van der Waals surface area contributed by atoms with Gasteiger partial charge in [0.2, 0.25) is 27.7 Å². The van der Waals surface area contributed by atoms with Crippen LogP contribution in [0, 0.1) is 15.5 Å². The van der Waals surface area contributed by atoms with Crippen molar-refractivity contribution in [2.75, 3.05) is 38.0 Å². The monoisotopic (exact) mass is 652 g/mol. The highest BCUT2D eigenvalue weighted by atomic mass is 32.2. The van der Waals surface area contributed by atoms with Crippen molar-refractivity contribution < 1.29 is 37.3 Å². The summed E-state index contributed by atoms with van der Waals surface area (Å²) in [4.78, 5) is 76.5. The molecular weight excluding hydrogens is 620 g/mol. The topological polar surface area (TPSA) is 196 Å². The third-order valence-corrected chi connectivity index (χ3v) is 11.5. The average Bonchev–Trinajstić information content (AvgIpc) is 3.30. The number of sulfonamides is 1. The summed E-state index contributed by atoms with van der Waals surface area (Å²) in [7, 11) is -3.79. The molecule has 4 heterocycles. The number of amides is 5. The zero-order valence-electron chi connectivity index (χ0n) is 24.8. The summed E-state index contributed by atoms with van der Waals surface area (Å²) in [6.07, 6.45) is 2.74. The van der Waals surface area contributed by atoms with Crippen molar-refractivity contribution in [3.63, 3.8) is 0 Å². The molecule has 3 saturated heterocycles. The molecule has 4 aliphatic rings. The minimum atomic E-state index is -3.79. The molecule has 1 atom stereocenters. The van der Waals surface area contributed by atoms with Gasteiger partial charge in [-0.15, -0.1) is 0 Å². The van der Waals surface area contributed by atoms with Crippen LogP contribution in [0.5, 0.6) is 0 Å². The van der Waals surface area contributed by atoms with Gasteiger partial charge < -0.3 is 10.2 Å². The molecule has 46 heavy (non-hydrogen) atoms. The summed E-state index contributed by atoms with van der Waals surface area (Å²) in [5.41, 5.74) is 0.222. The summed E-state index contributed by atoms with van der Waals surface area (Å²) in [6.45, 7) is 1.49. The first-order valence-electron chi connectivity index (χ1n) is 15.0. The molecule has 0 aliphatic carbocycles. The van der Waals surface area contributed by atoms with Crippen LogP contribution in [-0.2, 0) is 24.4 Å². The molecule has 0 saturated carbocycles. The van der Waals surface area contributed by atoms with Gasteiger partial charge in [0, 0.05) is 50.4 Å². The fourth-order valence-corrected chi connectivity index (χ4v) is 8.21. The molecule has 2 N–H and O–H groups in total. The minimum absolute atomic E-state index is 0.0140. The molecule has 0 radical (unpaired) electrons. The van der Waals surface area contributed by atoms with Crippen LogP contribution in [0.3, 0.4) is 0 Å². The first kappa shape index (κ1) is 31.3. The number of hydrogen-bond donors (Lipinski definition) is 2. The number of likely N-dealkylation sites (tertiary alicyclic amines) is 1. The Morgan fingerprint density at radius 3 is 2.24 bits per heavy atom. The Bertz CT molecular complexity index is 1740. The average molecular weight is 653 g/mol. The minimum Gasteiger partial charge on any atom is -0.375 e. The summed E-state index contributed by atoms with van der Waals surface area (Å²) < 4.78 is 27.7. The number of fused-ring (bicyclic) bond motifs is 1. The van der Waals surface area contributed by atoms with E-state index in [0.717, 1.165) is 4.90 Å². The molecule has 2 aromatic carbocycles. The Hall–Kier alpha value is -4.70. The van der Waals surface area contributed by atoms with E-state index in [0.29, 0.717) is 57.5 Å². The first-order chi connectivity index (χ1) is 21.9. The van der Waals surface area contributed by atoms with E-state index in [1.807, 2.05) is 0 Å². The number of nitro benzene ring substituents is 1. The van der Waals surface area contributed by atoms with Gasteiger partial charge >= 0.3 is 0 Å². The van der Waals surface area contributed by atoms with Gasteiger partial charge in [0.25, 0.3) is 17.5 Å². The SMILES string of the molecule is O=C1CCC(N2C(=O)c3cccc(NCC(=O)N4CCC5(CC4)CCN(S(=O)(=O)c4ccc([N+](=O)[O-])cc4)CC5)c3C2=O)C(=O)N1. The van der Waals surface area contributed by atoms with Crippen molar-refractivity contribution in [2.24, 2.45) is 5.41 Å². The number of non-ortho nitro benzene ring substituents is 1. The number of hydrogen-bond acceptors (Lipinski definition) is 10. The molecular formula is C30H32N6O9S. The lowest BCUT2D eigenvalue weighted by molar-refractivity contribution is -0.384. The first-order valence-corrected chi connectivity index (χ1v) is 16.5. The van der Waals surface area contributed by atoms with Crippen LogP contribution >= 0.6 is 0 Å². The molecule has 3 fully saturated rings. The van der Waals surface area contributed by atoms with Crippen molar-refractivity contribution in [2.45, 2.75) is 49.5 Å². The Labute approximate surface area is 264 Å². The molecule has 6 rings (SSSR count). The molecule has 2 aromatic rings. The number of nitro groups is 1. The second-order valence-electron chi connectivity index (χ2n) is 12.1. The number of carbonyl (C=O) groups excluding carboxylic acids is 5. The summed E-state index contributed by atoms with van der Waals surface area (Å²) >= 11 is 0. The number of benzene rings is 2. The van der Waals surface area contributed by atoms with Crippen LogP contribution in [0.15, 0.2) is 47.4 Å². The Morgan fingerprint density at radius 2 is 1.61 bits per heavy atom. The molecule has 0 aromatic heterocycles. The van der Waals surface area contributed by atoms with Crippen LogP contribution in [0.4, 0.5) is 11.4 Å². The van der Waals surface area contributed by atoms with Gasteiger partial charge in [-0.25, -0.2) is 8.42 Å². The molecule has 1 unspecified atom stereocenters. The van der Waals surface area contributed by atoms with E-state index in [4.69, 9.17) is 0 Å². The van der Waals surface area contributed by atoms with Gasteiger partial charge in [0.05, 0.1) is 27.5 Å². The standard InChI is InChI=1S/C30H32N6O9S/c37-24-9-8-23(27(39)32-24)35-28(40)21-2-1-3-22(26(21)29(35)41)31-18-25(38)33-14-10-30(11-15-33)12-16-34(17-13-30)46(44,45)20-6-4-19(5-7-20)36(42)43/h1-7,23,31H,8-18H2,(H,32,37,39). The lowest BCUT2D eigenvalue weighted by Gasteiger charge is -2.46. The van der Waals surface area contributed by atoms with Gasteiger partial charge in [0.1, 0.15) is 6.04 Å². The molecule has 0 bridgehead atoms. The zero-order valence-corrected chi connectivity index (χ0v) is 25.6. The number of carbonyl (C=O) groups is 5. The largest absolute Gasteiger partial charge is 0.375 e. The molecule has 242 valence electrons. The molecule has 15 nitrogen and oxygen atoms in total. The lowest BCUT2D eigenvalue weighted by Crippen LogP contribution is -2.54. The highest BCUT2D eigenvalue weighted by molar-refractivity contribution is 7.89. The van der Waals surface area contributed by atoms with E-state index in [1.54, 1.807) is 17.0 Å². The molecule has 1 spiro atoms. The Kier molecular flexibility index (Phi) is 8.10. The van der Waals surface area contributed by atoms with Gasteiger partial charge in [-0.3, -0.25) is 44.3 Å². The van der Waals surface area contributed by atoms with Crippen molar-refractivity contribution in [3.8, 4) is 0 Å². The third kappa shape index (κ3) is 5.62. The van der Waals surface area contributed by atoms with E-state index < -0.39 is 44.6 Å². The maximum absolute atomic E-state index is 13.3. The third-order valence-electron chi connectivity index (χ3n) is 9.54. The molecule has 5 amide bonds. The number of anilines is 1. The second kappa shape index (κ2) is 11.9. The summed E-state index contributed by atoms with van der Waals surface area (Å²) in [5.74, 6) is -2.63. The van der Waals surface area contributed by atoms with Crippen molar-refractivity contribution in [1.82, 2.24) is 19.4 Å². The maximum Gasteiger partial charge on any atom is 0.269 e. The van der Waals surface area contributed by atoms with Crippen LogP contribution in [0.1, 0.15) is 59.2 Å². The van der Waals surface area contributed by atoms with E-state index in [2.05, 4.69) is 10.6 Å². The Morgan fingerprint density at radius 1 is 0.957 bits per heavy atom. The predicted octanol–water partition coefficient (Wildman–Crippen LogP) is 1.50. The quantitative estimate of drug-likeness (QED) is 0.251. The van der Waals surface area contributed by atoms with Gasteiger partial charge in [-0.1, -0.05) is 6.07 Å². The summed E-state index contributed by atoms with van der Waals surface area (Å²) in [5, 5.41) is 16.1. The van der Waals surface area contributed by atoms with Crippen LogP contribution in [0.25, 0.3) is 0 Å². The van der Waals surface area contributed by atoms with E-state index in [9.17, 15) is 42.5 Å². The summed E-state index contributed by atoms with van der Waals surface area (Å²) in [6, 6.07) is 8.44. The smallest absolute Gasteiger partial charge is 0.269 e. The fourth-order valence-electron chi connectivity index (χ4n) is 6.77. The maximum atomic E-state index is 13.3. The number of rotatable bonds is 7. The van der Waals surface area contributed by atoms with Crippen LogP contribution in [-0.4, -0.2) is 95.7 Å². The number of imide groups is 2. The van der Waals surface area contributed by atoms with Crippen molar-refractivity contribution in [3.05, 3.63) is 63.7 Å². The van der Waals surface area contributed by atoms with Crippen molar-refractivity contribution in [1.29, 1.82) is 0 Å². The van der Waals surface area contributed by atoms with Gasteiger partial charge in [-0.2, -0.15) is 4.31 Å². The van der Waals surface area contributed by atoms with Crippen LogP contribution < -0.4 is 10.6 Å². The molecule has 16 heteroatoms. The number of nitrogens with zero attached hydrogens (tertiary/aromatic N) is 4. The number of nitrogens with one attached hydrogen (secondary N) is 2. The van der Waals surface area contributed by atoms with Crippen molar-refractivity contribution >= 4 is 50.9 Å². The predicted molar refractivity (Wildman–Crippen MR) is 161 cm³/mol. The van der Waals surface area contributed by atoms with Crippen LogP contribution in [0.2, 0.25) is 0 Å². The Balaban J connectivity index is 1.03. The number of piperidine rings is 3. The van der Waals surface area contributed by atoms with E-state index in [1.165, 1.54) is 34.6 Å². The van der Waals surface area contributed by atoms with Gasteiger partial charge in [-0.05, 0) is 61.8 Å². The van der Waals surface area contributed by atoms with E-state index in [-0.39, 0.29) is 52.4 Å². The highest BCUT2D eigenvalue weighted by Crippen LogP contribution is 2.42. The molecule has 4 aliphatic heterocycles. The zero-order chi connectivity index (χ0) is 32.8. The normalized spacial score (nSPS) is 21.7. The second-order valence-corrected chi connectivity index (χ2v) is 14.0. The fraction of sp³-hybridized carbons (Fsp3) is 0.433.